The summed E-state index contributed by atoms with van der Waals surface area (Å²) in [7, 11) is 0. The number of para-hydroxylation sites is 1. The molecular weight excluding hydrogens is 354 g/mol. The fourth-order valence-electron chi connectivity index (χ4n) is 3.13. The molecule has 5 nitrogen and oxygen atoms in total. The molecule has 0 saturated carbocycles. The zero-order valence-corrected chi connectivity index (χ0v) is 15.7. The van der Waals surface area contributed by atoms with Gasteiger partial charge in [-0.05, 0) is 44.2 Å². The number of aromatic nitrogens is 1. The quantitative estimate of drug-likeness (QED) is 0.787. The van der Waals surface area contributed by atoms with Crippen LogP contribution >= 0.6 is 23.1 Å². The summed E-state index contributed by atoms with van der Waals surface area (Å²) in [5, 5.41) is 6.30. The maximum atomic E-state index is 12.9. The summed E-state index contributed by atoms with van der Waals surface area (Å²) in [5.74, 6) is 0.0255. The van der Waals surface area contributed by atoms with Crippen LogP contribution in [0.1, 0.15) is 30.8 Å². The highest BCUT2D eigenvalue weighted by molar-refractivity contribution is 8.02. The Kier molecular flexibility index (Phi) is 4.08. The van der Waals surface area contributed by atoms with Crippen LogP contribution in [0.5, 0.6) is 0 Å². The predicted octanol–water partition coefficient (Wildman–Crippen LogP) is 3.71. The number of amides is 2. The molecule has 2 amide bonds. The summed E-state index contributed by atoms with van der Waals surface area (Å²) >= 11 is 2.82. The molecular formula is C18H19N3O2S2. The first kappa shape index (κ1) is 16.6. The Morgan fingerprint density at radius 1 is 1.40 bits per heavy atom. The van der Waals surface area contributed by atoms with Crippen molar-refractivity contribution >= 4 is 45.7 Å². The first-order valence-corrected chi connectivity index (χ1v) is 9.98. The Morgan fingerprint density at radius 2 is 2.20 bits per heavy atom. The third kappa shape index (κ3) is 2.95. The molecule has 2 atom stereocenters. The van der Waals surface area contributed by atoms with Crippen molar-refractivity contribution in [2.75, 3.05) is 10.6 Å². The van der Waals surface area contributed by atoms with Gasteiger partial charge in [0.25, 0.3) is 5.91 Å². The predicted molar refractivity (Wildman–Crippen MR) is 101 cm³/mol. The molecule has 0 saturated heterocycles. The molecule has 1 aromatic heterocycles. The number of carbonyl (C=O) groups excluding carboxylic acids is 2. The fraction of sp³-hybridized carbons (Fsp3) is 0.389. The lowest BCUT2D eigenvalue weighted by atomic mass is 9.93. The largest absolute Gasteiger partial charge is 0.323 e. The van der Waals surface area contributed by atoms with Crippen molar-refractivity contribution in [2.45, 2.75) is 42.8 Å². The molecule has 2 aromatic rings. The van der Waals surface area contributed by atoms with E-state index in [2.05, 4.69) is 22.5 Å². The van der Waals surface area contributed by atoms with Gasteiger partial charge in [-0.15, -0.1) is 11.3 Å². The topological polar surface area (TPSA) is 71.1 Å². The standard InChI is InChI=1S/C18H19N3O2S2/c1-10-7-8-12-14(9-10)24-17(20-12)21-16(23)18(2)15(22)19-11-5-3-4-6-13(11)25-18/h3-6,10H,7-9H2,1-2H3,(H,19,22)(H,20,21,23). The van der Waals surface area contributed by atoms with Gasteiger partial charge in [-0.1, -0.05) is 30.8 Å². The molecule has 25 heavy (non-hydrogen) atoms. The van der Waals surface area contributed by atoms with Crippen molar-refractivity contribution < 1.29 is 9.59 Å². The zero-order valence-electron chi connectivity index (χ0n) is 14.1. The minimum absolute atomic E-state index is 0.302. The molecule has 7 heteroatoms. The second-order valence-electron chi connectivity index (χ2n) is 6.78. The average Bonchev–Trinajstić information content (AvgIpc) is 2.97. The van der Waals surface area contributed by atoms with Gasteiger partial charge in [-0.3, -0.25) is 9.59 Å². The van der Waals surface area contributed by atoms with E-state index < -0.39 is 4.75 Å². The normalized spacial score (nSPS) is 24.9. The monoisotopic (exact) mass is 373 g/mol. The molecule has 130 valence electrons. The molecule has 1 aliphatic carbocycles. The highest BCUT2D eigenvalue weighted by atomic mass is 32.2. The van der Waals surface area contributed by atoms with Crippen molar-refractivity contribution in [3.8, 4) is 0 Å². The van der Waals surface area contributed by atoms with Crippen LogP contribution in [0.15, 0.2) is 29.2 Å². The van der Waals surface area contributed by atoms with Crippen molar-refractivity contribution in [3.05, 3.63) is 34.8 Å². The number of nitrogens with zero attached hydrogens (tertiary/aromatic N) is 1. The first-order chi connectivity index (χ1) is 12.0. The number of aryl methyl sites for hydroxylation is 1. The van der Waals surface area contributed by atoms with E-state index in [-0.39, 0.29) is 11.8 Å². The van der Waals surface area contributed by atoms with Gasteiger partial charge in [0.2, 0.25) is 5.91 Å². The molecule has 4 rings (SSSR count). The average molecular weight is 374 g/mol. The van der Waals surface area contributed by atoms with Crippen LogP contribution < -0.4 is 10.6 Å². The number of rotatable bonds is 2. The number of nitrogens with one attached hydrogen (secondary N) is 2. The van der Waals surface area contributed by atoms with Gasteiger partial charge in [-0.2, -0.15) is 0 Å². The number of hydrogen-bond acceptors (Lipinski definition) is 5. The molecule has 0 bridgehead atoms. The van der Waals surface area contributed by atoms with Crippen LogP contribution in [0.4, 0.5) is 10.8 Å². The second kappa shape index (κ2) is 6.14. The molecule has 1 aromatic carbocycles. The van der Waals surface area contributed by atoms with Gasteiger partial charge in [-0.25, -0.2) is 4.98 Å². The number of benzene rings is 1. The Balaban J connectivity index is 1.56. The van der Waals surface area contributed by atoms with Gasteiger partial charge < -0.3 is 10.6 Å². The van der Waals surface area contributed by atoms with Gasteiger partial charge >= 0.3 is 0 Å². The fourth-order valence-corrected chi connectivity index (χ4v) is 5.40. The summed E-state index contributed by atoms with van der Waals surface area (Å²) in [6.45, 7) is 3.90. The molecule has 2 aliphatic rings. The van der Waals surface area contributed by atoms with Crippen molar-refractivity contribution in [2.24, 2.45) is 5.92 Å². The van der Waals surface area contributed by atoms with E-state index in [1.54, 1.807) is 6.92 Å². The minimum Gasteiger partial charge on any atom is -0.323 e. The van der Waals surface area contributed by atoms with E-state index >= 15 is 0 Å². The Morgan fingerprint density at radius 3 is 3.04 bits per heavy atom. The number of thioether (sulfide) groups is 1. The van der Waals surface area contributed by atoms with Gasteiger partial charge in [0, 0.05) is 9.77 Å². The van der Waals surface area contributed by atoms with E-state index in [0.29, 0.717) is 11.0 Å². The lowest BCUT2D eigenvalue weighted by Crippen LogP contribution is -2.49. The van der Waals surface area contributed by atoms with Gasteiger partial charge in [0.15, 0.2) is 9.88 Å². The molecule has 2 unspecified atom stereocenters. The number of carbonyl (C=O) groups is 2. The van der Waals surface area contributed by atoms with Gasteiger partial charge in [0.05, 0.1) is 11.4 Å². The maximum Gasteiger partial charge on any atom is 0.252 e. The SMILES string of the molecule is CC1CCc2nc(NC(=O)C3(C)Sc4ccccc4NC3=O)sc2C1. The molecule has 0 fully saturated rings. The summed E-state index contributed by atoms with van der Waals surface area (Å²) in [5.41, 5.74) is 1.84. The number of anilines is 2. The second-order valence-corrected chi connectivity index (χ2v) is 9.32. The van der Waals surface area contributed by atoms with Crippen molar-refractivity contribution in [1.29, 1.82) is 0 Å². The summed E-state index contributed by atoms with van der Waals surface area (Å²) in [6, 6.07) is 7.52. The molecule has 1 aliphatic heterocycles. The molecule has 2 N–H and O–H groups in total. The third-order valence-corrected chi connectivity index (χ3v) is 7.11. The van der Waals surface area contributed by atoms with Gasteiger partial charge in [0.1, 0.15) is 0 Å². The van der Waals surface area contributed by atoms with Crippen molar-refractivity contribution in [3.63, 3.8) is 0 Å². The zero-order chi connectivity index (χ0) is 17.6. The number of thiazole rings is 1. The van der Waals surface area contributed by atoms with Crippen LogP contribution in [0.25, 0.3) is 0 Å². The Bertz CT molecular complexity index is 864. The lowest BCUT2D eigenvalue weighted by Gasteiger charge is -2.31. The molecule has 2 heterocycles. The smallest absolute Gasteiger partial charge is 0.252 e. The minimum atomic E-state index is -1.21. The number of hydrogen-bond donors (Lipinski definition) is 2. The molecule has 0 spiro atoms. The van der Waals surface area contributed by atoms with Crippen LogP contribution in [0.2, 0.25) is 0 Å². The van der Waals surface area contributed by atoms with E-state index in [9.17, 15) is 9.59 Å². The van der Waals surface area contributed by atoms with E-state index in [1.807, 2.05) is 24.3 Å². The van der Waals surface area contributed by atoms with Crippen LogP contribution in [-0.2, 0) is 22.4 Å². The first-order valence-electron chi connectivity index (χ1n) is 8.35. The van der Waals surface area contributed by atoms with Crippen LogP contribution in [-0.4, -0.2) is 21.5 Å². The Labute approximate surface area is 154 Å². The summed E-state index contributed by atoms with van der Waals surface area (Å²) < 4.78 is -1.21. The van der Waals surface area contributed by atoms with E-state index in [0.717, 1.165) is 35.5 Å². The summed E-state index contributed by atoms with van der Waals surface area (Å²) in [4.78, 5) is 32.1. The highest BCUT2D eigenvalue weighted by Gasteiger charge is 2.46. The number of fused-ring (bicyclic) bond motifs is 2. The summed E-state index contributed by atoms with van der Waals surface area (Å²) in [6.07, 6.45) is 3.11. The van der Waals surface area contributed by atoms with Crippen molar-refractivity contribution in [1.82, 2.24) is 4.98 Å². The van der Waals surface area contributed by atoms with Crippen LogP contribution in [0, 0.1) is 5.92 Å². The lowest BCUT2D eigenvalue weighted by molar-refractivity contribution is -0.126. The van der Waals surface area contributed by atoms with E-state index in [4.69, 9.17) is 0 Å². The third-order valence-electron chi connectivity index (χ3n) is 4.72. The molecule has 0 radical (unpaired) electrons. The maximum absolute atomic E-state index is 12.9. The Hall–Kier alpha value is -1.86. The van der Waals surface area contributed by atoms with Crippen LogP contribution in [0.3, 0.4) is 0 Å². The highest BCUT2D eigenvalue weighted by Crippen LogP contribution is 2.43. The van der Waals surface area contributed by atoms with E-state index in [1.165, 1.54) is 28.0 Å².